The van der Waals surface area contributed by atoms with E-state index in [2.05, 4.69) is 10.6 Å². The SMILES string of the molecule is Cc1ccc(NC(=O)CN2C(=O)N/C(=C\c3cccs3)C2=O)cc1. The first kappa shape index (κ1) is 15.9. The van der Waals surface area contributed by atoms with E-state index in [1.807, 2.05) is 36.6 Å². The third-order valence-electron chi connectivity index (χ3n) is 3.43. The van der Waals surface area contributed by atoms with Gasteiger partial charge in [-0.05, 0) is 36.6 Å². The monoisotopic (exact) mass is 341 g/mol. The van der Waals surface area contributed by atoms with Crippen LogP contribution in [0, 0.1) is 6.92 Å². The number of rotatable bonds is 4. The van der Waals surface area contributed by atoms with Gasteiger partial charge in [0.2, 0.25) is 5.91 Å². The fourth-order valence-electron chi connectivity index (χ4n) is 2.21. The average Bonchev–Trinajstić information content (AvgIpc) is 3.14. The van der Waals surface area contributed by atoms with Gasteiger partial charge in [-0.1, -0.05) is 23.8 Å². The van der Waals surface area contributed by atoms with Crippen molar-refractivity contribution < 1.29 is 14.4 Å². The maximum absolute atomic E-state index is 12.3. The van der Waals surface area contributed by atoms with E-state index in [9.17, 15) is 14.4 Å². The summed E-state index contributed by atoms with van der Waals surface area (Å²) < 4.78 is 0. The lowest BCUT2D eigenvalue weighted by Gasteiger charge is -2.12. The maximum Gasteiger partial charge on any atom is 0.329 e. The van der Waals surface area contributed by atoms with Crippen LogP contribution in [0.5, 0.6) is 0 Å². The average molecular weight is 341 g/mol. The van der Waals surface area contributed by atoms with Crippen LogP contribution in [0.15, 0.2) is 47.5 Å². The first-order valence-corrected chi connectivity index (χ1v) is 8.15. The minimum Gasteiger partial charge on any atom is -0.325 e. The number of carbonyl (C=O) groups is 3. The lowest BCUT2D eigenvalue weighted by molar-refractivity contribution is -0.127. The van der Waals surface area contributed by atoms with Gasteiger partial charge >= 0.3 is 6.03 Å². The van der Waals surface area contributed by atoms with Crippen molar-refractivity contribution in [1.82, 2.24) is 10.2 Å². The van der Waals surface area contributed by atoms with Crippen molar-refractivity contribution in [3.63, 3.8) is 0 Å². The molecular weight excluding hydrogens is 326 g/mol. The Bertz CT molecular complexity index is 810. The first-order valence-electron chi connectivity index (χ1n) is 7.27. The number of thiophene rings is 1. The number of nitrogens with one attached hydrogen (secondary N) is 2. The smallest absolute Gasteiger partial charge is 0.325 e. The Balaban J connectivity index is 1.66. The summed E-state index contributed by atoms with van der Waals surface area (Å²) >= 11 is 1.45. The molecule has 0 radical (unpaired) electrons. The summed E-state index contributed by atoms with van der Waals surface area (Å²) in [6, 6.07) is 10.4. The molecule has 4 amide bonds. The Morgan fingerprint density at radius 1 is 1.25 bits per heavy atom. The van der Waals surface area contributed by atoms with E-state index in [-0.39, 0.29) is 12.2 Å². The number of nitrogens with zero attached hydrogens (tertiary/aromatic N) is 1. The van der Waals surface area contributed by atoms with Crippen LogP contribution in [0.25, 0.3) is 6.08 Å². The second-order valence-corrected chi connectivity index (χ2v) is 6.29. The van der Waals surface area contributed by atoms with Crippen LogP contribution in [0.1, 0.15) is 10.4 Å². The summed E-state index contributed by atoms with van der Waals surface area (Å²) in [6.45, 7) is 1.61. The van der Waals surface area contributed by atoms with Gasteiger partial charge < -0.3 is 10.6 Å². The van der Waals surface area contributed by atoms with Gasteiger partial charge in [-0.25, -0.2) is 9.69 Å². The van der Waals surface area contributed by atoms with E-state index < -0.39 is 17.8 Å². The van der Waals surface area contributed by atoms with Crippen molar-refractivity contribution >= 4 is 40.9 Å². The summed E-state index contributed by atoms with van der Waals surface area (Å²) in [5.74, 6) is -0.938. The van der Waals surface area contributed by atoms with Crippen LogP contribution in [-0.4, -0.2) is 29.3 Å². The Morgan fingerprint density at radius 2 is 2.00 bits per heavy atom. The van der Waals surface area contributed by atoms with Gasteiger partial charge in [-0.15, -0.1) is 11.3 Å². The Hall–Kier alpha value is -2.93. The predicted molar refractivity (Wildman–Crippen MR) is 92.3 cm³/mol. The second-order valence-electron chi connectivity index (χ2n) is 5.31. The van der Waals surface area contributed by atoms with Crippen molar-refractivity contribution in [2.75, 3.05) is 11.9 Å². The van der Waals surface area contributed by atoms with Gasteiger partial charge in [0.15, 0.2) is 0 Å². The van der Waals surface area contributed by atoms with E-state index in [4.69, 9.17) is 0 Å². The minimum atomic E-state index is -0.595. The molecule has 1 saturated heterocycles. The molecule has 1 aliphatic heterocycles. The molecule has 2 heterocycles. The lowest BCUT2D eigenvalue weighted by atomic mass is 10.2. The molecule has 0 aliphatic carbocycles. The lowest BCUT2D eigenvalue weighted by Crippen LogP contribution is -2.38. The maximum atomic E-state index is 12.3. The molecule has 1 aliphatic rings. The molecule has 0 bridgehead atoms. The van der Waals surface area contributed by atoms with Crippen LogP contribution in [-0.2, 0) is 9.59 Å². The Kier molecular flexibility index (Phi) is 4.43. The largest absolute Gasteiger partial charge is 0.329 e. The number of urea groups is 1. The molecule has 2 aromatic rings. The molecule has 3 rings (SSSR count). The van der Waals surface area contributed by atoms with E-state index in [0.717, 1.165) is 15.3 Å². The molecule has 0 saturated carbocycles. The molecular formula is C17H15N3O3S. The number of anilines is 1. The number of benzene rings is 1. The van der Waals surface area contributed by atoms with Crippen molar-refractivity contribution in [2.24, 2.45) is 0 Å². The summed E-state index contributed by atoms with van der Waals surface area (Å²) in [6.07, 6.45) is 1.60. The van der Waals surface area contributed by atoms with Crippen molar-refractivity contribution in [2.45, 2.75) is 6.92 Å². The van der Waals surface area contributed by atoms with Gasteiger partial charge in [0.25, 0.3) is 5.91 Å². The fraction of sp³-hybridized carbons (Fsp3) is 0.118. The predicted octanol–water partition coefficient (Wildman–Crippen LogP) is 2.59. The van der Waals surface area contributed by atoms with Crippen LogP contribution in [0.2, 0.25) is 0 Å². The van der Waals surface area contributed by atoms with Gasteiger partial charge in [0.1, 0.15) is 12.2 Å². The minimum absolute atomic E-state index is 0.172. The second kappa shape index (κ2) is 6.67. The van der Waals surface area contributed by atoms with Gasteiger partial charge in [-0.3, -0.25) is 9.59 Å². The highest BCUT2D eigenvalue weighted by atomic mass is 32.1. The number of hydrogen-bond donors (Lipinski definition) is 2. The van der Waals surface area contributed by atoms with Gasteiger partial charge in [0, 0.05) is 10.6 Å². The third-order valence-corrected chi connectivity index (χ3v) is 4.25. The number of aryl methyl sites for hydroxylation is 1. The molecule has 1 fully saturated rings. The standard InChI is InChI=1S/C17H15N3O3S/c1-11-4-6-12(7-5-11)18-15(21)10-20-16(22)14(19-17(20)23)9-13-3-2-8-24-13/h2-9H,10H2,1H3,(H,18,21)(H,19,23)/b14-9-. The Morgan fingerprint density at radius 3 is 2.67 bits per heavy atom. The quantitative estimate of drug-likeness (QED) is 0.663. The molecule has 1 aromatic carbocycles. The summed E-state index contributed by atoms with van der Waals surface area (Å²) in [5, 5.41) is 7.04. The highest BCUT2D eigenvalue weighted by Gasteiger charge is 2.34. The Labute approximate surface area is 142 Å². The van der Waals surface area contributed by atoms with Crippen LogP contribution < -0.4 is 10.6 Å². The zero-order valence-corrected chi connectivity index (χ0v) is 13.7. The van der Waals surface area contributed by atoms with E-state index in [1.54, 1.807) is 18.2 Å². The number of amides is 4. The van der Waals surface area contributed by atoms with Gasteiger partial charge in [-0.2, -0.15) is 0 Å². The highest BCUT2D eigenvalue weighted by Crippen LogP contribution is 2.17. The zero-order valence-electron chi connectivity index (χ0n) is 12.9. The van der Waals surface area contributed by atoms with Crippen molar-refractivity contribution in [3.05, 3.63) is 57.9 Å². The molecule has 24 heavy (non-hydrogen) atoms. The van der Waals surface area contributed by atoms with Crippen LogP contribution in [0.4, 0.5) is 10.5 Å². The molecule has 0 atom stereocenters. The molecule has 6 nitrogen and oxygen atoms in total. The normalized spacial score (nSPS) is 15.7. The zero-order chi connectivity index (χ0) is 17.1. The topological polar surface area (TPSA) is 78.5 Å². The summed E-state index contributed by atoms with van der Waals surface area (Å²) in [4.78, 5) is 38.0. The molecule has 0 unspecified atom stereocenters. The molecule has 0 spiro atoms. The fourth-order valence-corrected chi connectivity index (χ4v) is 2.87. The summed E-state index contributed by atoms with van der Waals surface area (Å²) in [7, 11) is 0. The first-order chi connectivity index (χ1) is 11.5. The van der Waals surface area contributed by atoms with E-state index in [1.165, 1.54) is 11.3 Å². The number of hydrogen-bond acceptors (Lipinski definition) is 4. The van der Waals surface area contributed by atoms with Crippen LogP contribution in [0.3, 0.4) is 0 Å². The summed E-state index contributed by atoms with van der Waals surface area (Å²) in [5.41, 5.74) is 1.86. The third kappa shape index (κ3) is 3.52. The van der Waals surface area contributed by atoms with Crippen molar-refractivity contribution in [1.29, 1.82) is 0 Å². The van der Waals surface area contributed by atoms with Crippen molar-refractivity contribution in [3.8, 4) is 0 Å². The van der Waals surface area contributed by atoms with E-state index >= 15 is 0 Å². The van der Waals surface area contributed by atoms with Gasteiger partial charge in [0.05, 0.1) is 0 Å². The molecule has 122 valence electrons. The highest BCUT2D eigenvalue weighted by molar-refractivity contribution is 7.10. The number of imide groups is 1. The number of carbonyl (C=O) groups excluding carboxylic acids is 3. The molecule has 1 aromatic heterocycles. The molecule has 2 N–H and O–H groups in total. The molecule has 7 heteroatoms. The van der Waals surface area contributed by atoms with Crippen LogP contribution >= 0.6 is 11.3 Å². The van der Waals surface area contributed by atoms with E-state index in [0.29, 0.717) is 5.69 Å².